The third-order valence-corrected chi connectivity index (χ3v) is 4.06. The highest BCUT2D eigenvalue weighted by Gasteiger charge is 2.21. The molecule has 22 heavy (non-hydrogen) atoms. The van der Waals surface area contributed by atoms with Gasteiger partial charge in [0.05, 0.1) is 19.3 Å². The molecule has 4 heteroatoms. The Morgan fingerprint density at radius 3 is 2.68 bits per heavy atom. The van der Waals surface area contributed by atoms with Crippen molar-refractivity contribution in [3.8, 4) is 11.5 Å². The smallest absolute Gasteiger partial charge is 0.192 e. The zero-order valence-electron chi connectivity index (χ0n) is 12.1. The highest BCUT2D eigenvalue weighted by molar-refractivity contribution is 9.10. The second kappa shape index (κ2) is 6.36. The quantitative estimate of drug-likeness (QED) is 0.741. The topological polar surface area (TPSA) is 35.5 Å². The Balaban J connectivity index is 1.95. The van der Waals surface area contributed by atoms with Crippen LogP contribution in [-0.2, 0) is 0 Å². The molecule has 0 unspecified atom stereocenters. The van der Waals surface area contributed by atoms with Gasteiger partial charge in [-0.25, -0.2) is 0 Å². The van der Waals surface area contributed by atoms with Crippen molar-refractivity contribution in [3.05, 3.63) is 63.6 Å². The molecule has 1 aliphatic heterocycles. The van der Waals surface area contributed by atoms with Gasteiger partial charge in [0.2, 0.25) is 0 Å². The van der Waals surface area contributed by atoms with E-state index in [0.717, 1.165) is 21.4 Å². The van der Waals surface area contributed by atoms with Crippen molar-refractivity contribution in [2.24, 2.45) is 0 Å². The molecule has 1 aliphatic rings. The normalized spacial score (nSPS) is 15.9. The molecular weight excluding hydrogens is 344 g/mol. The summed E-state index contributed by atoms with van der Waals surface area (Å²) in [5.41, 5.74) is 2.34. The van der Waals surface area contributed by atoms with Crippen molar-refractivity contribution in [1.82, 2.24) is 0 Å². The van der Waals surface area contributed by atoms with E-state index < -0.39 is 0 Å². The number of ketones is 1. The molecule has 0 bridgehead atoms. The Kier molecular flexibility index (Phi) is 4.29. The van der Waals surface area contributed by atoms with Gasteiger partial charge in [-0.05, 0) is 42.0 Å². The number of carbonyl (C=O) groups is 1. The van der Waals surface area contributed by atoms with Crippen LogP contribution in [0.4, 0.5) is 0 Å². The van der Waals surface area contributed by atoms with E-state index in [-0.39, 0.29) is 5.78 Å². The summed E-state index contributed by atoms with van der Waals surface area (Å²) >= 11 is 3.40. The van der Waals surface area contributed by atoms with Crippen LogP contribution in [0.3, 0.4) is 0 Å². The molecule has 0 radical (unpaired) electrons. The lowest BCUT2D eigenvalue weighted by atomic mass is 9.99. The molecule has 0 fully saturated rings. The molecule has 1 heterocycles. The molecule has 0 saturated carbocycles. The van der Waals surface area contributed by atoms with Gasteiger partial charge in [-0.2, -0.15) is 0 Å². The van der Waals surface area contributed by atoms with E-state index >= 15 is 0 Å². The summed E-state index contributed by atoms with van der Waals surface area (Å²) in [4.78, 5) is 12.7. The molecule has 0 aliphatic carbocycles. The van der Waals surface area contributed by atoms with E-state index in [0.29, 0.717) is 24.3 Å². The van der Waals surface area contributed by atoms with E-state index in [1.54, 1.807) is 13.2 Å². The number of hydrogen-bond donors (Lipinski definition) is 0. The molecule has 3 rings (SSSR count). The molecule has 3 nitrogen and oxygen atoms in total. The van der Waals surface area contributed by atoms with Crippen molar-refractivity contribution < 1.29 is 14.3 Å². The summed E-state index contributed by atoms with van der Waals surface area (Å²) in [5, 5.41) is 0. The third-order valence-electron chi connectivity index (χ3n) is 3.57. The van der Waals surface area contributed by atoms with Crippen LogP contribution in [0.25, 0.3) is 6.08 Å². The highest BCUT2D eigenvalue weighted by Crippen LogP contribution is 2.30. The number of benzene rings is 2. The first-order valence-corrected chi connectivity index (χ1v) is 7.78. The average Bonchev–Trinajstić information content (AvgIpc) is 2.68. The number of carbonyl (C=O) groups excluding carboxylic acids is 1. The molecule has 0 aromatic heterocycles. The molecule has 0 spiro atoms. The summed E-state index contributed by atoms with van der Waals surface area (Å²) in [6, 6.07) is 13.1. The van der Waals surface area contributed by atoms with Crippen molar-refractivity contribution in [3.63, 3.8) is 0 Å². The van der Waals surface area contributed by atoms with Gasteiger partial charge in [0, 0.05) is 16.5 Å². The Labute approximate surface area is 137 Å². The number of hydrogen-bond acceptors (Lipinski definition) is 3. The van der Waals surface area contributed by atoms with Crippen molar-refractivity contribution >= 4 is 27.8 Å². The summed E-state index contributed by atoms with van der Waals surface area (Å²) in [6.45, 7) is 0.497. The zero-order valence-corrected chi connectivity index (χ0v) is 13.7. The van der Waals surface area contributed by atoms with E-state index in [2.05, 4.69) is 15.9 Å². The fourth-order valence-electron chi connectivity index (χ4n) is 2.40. The maximum Gasteiger partial charge on any atom is 0.192 e. The van der Waals surface area contributed by atoms with Crippen molar-refractivity contribution in [2.75, 3.05) is 13.7 Å². The Morgan fingerprint density at radius 1 is 1.18 bits per heavy atom. The third kappa shape index (κ3) is 3.07. The first kappa shape index (κ1) is 14.9. The first-order chi connectivity index (χ1) is 10.7. The van der Waals surface area contributed by atoms with Gasteiger partial charge in [-0.1, -0.05) is 28.1 Å². The number of halogens is 1. The molecule has 2 aromatic rings. The summed E-state index contributed by atoms with van der Waals surface area (Å²) in [7, 11) is 1.63. The van der Waals surface area contributed by atoms with Gasteiger partial charge in [0.15, 0.2) is 5.78 Å². The molecule has 112 valence electrons. The van der Waals surface area contributed by atoms with Gasteiger partial charge in [0.25, 0.3) is 0 Å². The van der Waals surface area contributed by atoms with Gasteiger partial charge in [0.1, 0.15) is 11.5 Å². The Hall–Kier alpha value is -2.07. The Bertz CT molecular complexity index is 732. The van der Waals surface area contributed by atoms with E-state index in [9.17, 15) is 4.79 Å². The van der Waals surface area contributed by atoms with Crippen LogP contribution >= 0.6 is 15.9 Å². The number of Topliss-reactive ketones (excluding diaryl/α,β-unsaturated/α-hetero) is 1. The van der Waals surface area contributed by atoms with Crippen LogP contribution in [0.2, 0.25) is 0 Å². The van der Waals surface area contributed by atoms with Gasteiger partial charge >= 0.3 is 0 Å². The SMILES string of the molecule is COc1ccc(/C=C2\CCOc3cc(Br)ccc3C2=O)cc1. The maximum atomic E-state index is 12.7. The van der Waals surface area contributed by atoms with Crippen LogP contribution in [-0.4, -0.2) is 19.5 Å². The predicted molar refractivity (Wildman–Crippen MR) is 89.6 cm³/mol. The largest absolute Gasteiger partial charge is 0.497 e. The fourth-order valence-corrected chi connectivity index (χ4v) is 2.74. The van der Waals surface area contributed by atoms with Gasteiger partial charge in [-0.15, -0.1) is 0 Å². The van der Waals surface area contributed by atoms with Crippen LogP contribution in [0, 0.1) is 0 Å². The minimum Gasteiger partial charge on any atom is -0.497 e. The summed E-state index contributed by atoms with van der Waals surface area (Å²) in [6.07, 6.45) is 2.51. The minimum absolute atomic E-state index is 0.0239. The van der Waals surface area contributed by atoms with E-state index in [1.807, 2.05) is 42.5 Å². The summed E-state index contributed by atoms with van der Waals surface area (Å²) in [5.74, 6) is 1.46. The lowest BCUT2D eigenvalue weighted by molar-refractivity contribution is 0.103. The number of fused-ring (bicyclic) bond motifs is 1. The molecule has 0 amide bonds. The van der Waals surface area contributed by atoms with Crippen LogP contribution in [0.15, 0.2) is 52.5 Å². The predicted octanol–water partition coefficient (Wildman–Crippen LogP) is 4.51. The number of rotatable bonds is 2. The molecule has 2 aromatic carbocycles. The lowest BCUT2D eigenvalue weighted by Crippen LogP contribution is -2.02. The summed E-state index contributed by atoms with van der Waals surface area (Å²) < 4.78 is 11.7. The second-order valence-corrected chi connectivity index (χ2v) is 5.93. The number of ether oxygens (including phenoxy) is 2. The molecule has 0 N–H and O–H groups in total. The van der Waals surface area contributed by atoms with Crippen molar-refractivity contribution in [2.45, 2.75) is 6.42 Å². The maximum absolute atomic E-state index is 12.7. The lowest BCUT2D eigenvalue weighted by Gasteiger charge is -2.05. The minimum atomic E-state index is 0.0239. The number of methoxy groups -OCH3 is 1. The monoisotopic (exact) mass is 358 g/mol. The molecule has 0 atom stereocenters. The zero-order chi connectivity index (χ0) is 15.5. The van der Waals surface area contributed by atoms with E-state index in [1.165, 1.54) is 0 Å². The highest BCUT2D eigenvalue weighted by atomic mass is 79.9. The van der Waals surface area contributed by atoms with Gasteiger partial charge < -0.3 is 9.47 Å². The molecular formula is C18H15BrO3. The van der Waals surface area contributed by atoms with Gasteiger partial charge in [-0.3, -0.25) is 4.79 Å². The molecule has 0 saturated heterocycles. The average molecular weight is 359 g/mol. The fraction of sp³-hybridized carbons (Fsp3) is 0.167. The standard InChI is InChI=1S/C18H15BrO3/c1-21-15-5-2-12(3-6-15)10-13-8-9-22-17-11-14(19)4-7-16(17)18(13)20/h2-7,10-11H,8-9H2,1H3/b13-10+. The Morgan fingerprint density at radius 2 is 1.95 bits per heavy atom. The van der Waals surface area contributed by atoms with Crippen LogP contribution in [0.1, 0.15) is 22.3 Å². The first-order valence-electron chi connectivity index (χ1n) is 6.99. The van der Waals surface area contributed by atoms with Crippen LogP contribution in [0.5, 0.6) is 11.5 Å². The van der Waals surface area contributed by atoms with E-state index in [4.69, 9.17) is 9.47 Å². The van der Waals surface area contributed by atoms with Crippen molar-refractivity contribution in [1.29, 1.82) is 0 Å². The second-order valence-electron chi connectivity index (χ2n) is 5.01. The van der Waals surface area contributed by atoms with Crippen LogP contribution < -0.4 is 9.47 Å².